The normalized spacial score (nSPS) is 10.6. The third-order valence-corrected chi connectivity index (χ3v) is 4.34. The van der Waals surface area contributed by atoms with Crippen LogP contribution in [-0.2, 0) is 0 Å². The number of thioether (sulfide) groups is 1. The first kappa shape index (κ1) is 16.8. The number of anilines is 1. The highest BCUT2D eigenvalue weighted by atomic mass is 35.5. The molecule has 0 radical (unpaired) electrons. The fourth-order valence-electron chi connectivity index (χ4n) is 2.06. The van der Waals surface area contributed by atoms with Crippen molar-refractivity contribution >= 4 is 46.9 Å². The second kappa shape index (κ2) is 7.25. The fourth-order valence-corrected chi connectivity index (χ4v) is 3.19. The van der Waals surface area contributed by atoms with Crippen LogP contribution >= 0.6 is 35.0 Å². The zero-order chi connectivity index (χ0) is 17.1. The van der Waals surface area contributed by atoms with E-state index in [0.29, 0.717) is 21.2 Å². The summed E-state index contributed by atoms with van der Waals surface area (Å²) in [4.78, 5) is 13.2. The van der Waals surface area contributed by atoms with Crippen molar-refractivity contribution in [3.63, 3.8) is 0 Å². The highest BCUT2D eigenvalue weighted by Crippen LogP contribution is 2.27. The van der Waals surface area contributed by atoms with Crippen LogP contribution in [0.25, 0.3) is 11.5 Å². The molecule has 0 aliphatic heterocycles. The van der Waals surface area contributed by atoms with Crippen molar-refractivity contribution in [3.8, 4) is 11.5 Å². The molecule has 3 aromatic rings. The van der Waals surface area contributed by atoms with Crippen LogP contribution in [0, 0.1) is 0 Å². The smallest absolute Gasteiger partial charge is 0.322 e. The van der Waals surface area contributed by atoms with Gasteiger partial charge in [0.15, 0.2) is 0 Å². The van der Waals surface area contributed by atoms with E-state index >= 15 is 0 Å². The van der Waals surface area contributed by atoms with Crippen LogP contribution in [-0.4, -0.2) is 22.4 Å². The van der Waals surface area contributed by atoms with Crippen LogP contribution in [0.3, 0.4) is 0 Å². The molecule has 0 saturated heterocycles. The lowest BCUT2D eigenvalue weighted by molar-refractivity contribution is 0.102. The van der Waals surface area contributed by atoms with E-state index in [9.17, 15) is 4.79 Å². The number of carbonyl (C=O) groups excluding carboxylic acids is 1. The number of nitrogens with one attached hydrogen (secondary N) is 1. The lowest BCUT2D eigenvalue weighted by atomic mass is 10.2. The SMILES string of the molecule is CSc1ccccc1C(=O)Nc1nnc(-c2cc(Cl)cc(Cl)c2)o1. The maximum atomic E-state index is 12.4. The molecule has 0 atom stereocenters. The molecule has 24 heavy (non-hydrogen) atoms. The lowest BCUT2D eigenvalue weighted by Crippen LogP contribution is -2.13. The van der Waals surface area contributed by atoms with Gasteiger partial charge in [0.1, 0.15) is 0 Å². The molecule has 0 aliphatic carbocycles. The molecule has 3 rings (SSSR count). The third-order valence-electron chi connectivity index (χ3n) is 3.11. The van der Waals surface area contributed by atoms with Crippen molar-refractivity contribution in [3.05, 3.63) is 58.1 Å². The van der Waals surface area contributed by atoms with Crippen molar-refractivity contribution in [2.24, 2.45) is 0 Å². The van der Waals surface area contributed by atoms with Gasteiger partial charge in [0, 0.05) is 20.5 Å². The van der Waals surface area contributed by atoms with Crippen LogP contribution in [0.2, 0.25) is 10.0 Å². The van der Waals surface area contributed by atoms with Gasteiger partial charge in [-0.1, -0.05) is 40.4 Å². The second-order valence-corrected chi connectivity index (χ2v) is 6.45. The van der Waals surface area contributed by atoms with E-state index < -0.39 is 0 Å². The molecule has 1 heterocycles. The number of aromatic nitrogens is 2. The minimum Gasteiger partial charge on any atom is -0.403 e. The van der Waals surface area contributed by atoms with E-state index in [2.05, 4.69) is 15.5 Å². The first-order valence-electron chi connectivity index (χ1n) is 6.81. The molecule has 0 bridgehead atoms. The van der Waals surface area contributed by atoms with Gasteiger partial charge in [0.25, 0.3) is 5.91 Å². The number of hydrogen-bond donors (Lipinski definition) is 1. The highest BCUT2D eigenvalue weighted by molar-refractivity contribution is 7.98. The summed E-state index contributed by atoms with van der Waals surface area (Å²) in [5.74, 6) is -0.105. The van der Waals surface area contributed by atoms with Gasteiger partial charge >= 0.3 is 6.01 Å². The number of carbonyl (C=O) groups is 1. The van der Waals surface area contributed by atoms with Gasteiger partial charge in [0.2, 0.25) is 5.89 Å². The van der Waals surface area contributed by atoms with Crippen LogP contribution < -0.4 is 5.32 Å². The monoisotopic (exact) mass is 379 g/mol. The molecular weight excluding hydrogens is 369 g/mol. The number of halogens is 2. The van der Waals surface area contributed by atoms with Crippen LogP contribution in [0.1, 0.15) is 10.4 Å². The Balaban J connectivity index is 1.82. The maximum Gasteiger partial charge on any atom is 0.322 e. The summed E-state index contributed by atoms with van der Waals surface area (Å²) < 4.78 is 5.47. The molecule has 1 N–H and O–H groups in total. The molecule has 0 spiro atoms. The Hall–Kier alpha value is -2.02. The summed E-state index contributed by atoms with van der Waals surface area (Å²) in [6.45, 7) is 0. The molecule has 5 nitrogen and oxygen atoms in total. The average Bonchev–Trinajstić information content (AvgIpc) is 3.02. The van der Waals surface area contributed by atoms with Gasteiger partial charge in [-0.25, -0.2) is 0 Å². The van der Waals surface area contributed by atoms with Gasteiger partial charge in [-0.15, -0.1) is 16.9 Å². The van der Waals surface area contributed by atoms with Crippen molar-refractivity contribution in [2.75, 3.05) is 11.6 Å². The molecule has 122 valence electrons. The van der Waals surface area contributed by atoms with E-state index in [1.807, 2.05) is 18.4 Å². The molecule has 0 unspecified atom stereocenters. The molecule has 1 aromatic heterocycles. The summed E-state index contributed by atoms with van der Waals surface area (Å²) in [6, 6.07) is 12.2. The number of amides is 1. The van der Waals surface area contributed by atoms with Gasteiger partial charge in [0.05, 0.1) is 5.56 Å². The molecule has 0 saturated carbocycles. The third kappa shape index (κ3) is 3.72. The topological polar surface area (TPSA) is 68.0 Å². The molecule has 1 amide bonds. The van der Waals surface area contributed by atoms with Crippen molar-refractivity contribution in [2.45, 2.75) is 4.90 Å². The molecule has 8 heteroatoms. The Kier molecular flexibility index (Phi) is 5.08. The van der Waals surface area contributed by atoms with Gasteiger partial charge in [-0.3, -0.25) is 10.1 Å². The lowest BCUT2D eigenvalue weighted by Gasteiger charge is -2.05. The Morgan fingerprint density at radius 3 is 2.54 bits per heavy atom. The second-order valence-electron chi connectivity index (χ2n) is 4.72. The summed E-state index contributed by atoms with van der Waals surface area (Å²) in [7, 11) is 0. The number of nitrogens with zero attached hydrogens (tertiary/aromatic N) is 2. The summed E-state index contributed by atoms with van der Waals surface area (Å²) in [6.07, 6.45) is 1.90. The van der Waals surface area contributed by atoms with Crippen LogP contribution in [0.5, 0.6) is 0 Å². The van der Waals surface area contributed by atoms with Crippen molar-refractivity contribution < 1.29 is 9.21 Å². The minimum absolute atomic E-state index is 0.00186. The zero-order valence-electron chi connectivity index (χ0n) is 12.4. The summed E-state index contributed by atoms with van der Waals surface area (Å²) in [5.41, 5.74) is 1.11. The predicted molar refractivity (Wildman–Crippen MR) is 95.9 cm³/mol. The van der Waals surface area contributed by atoms with Gasteiger partial charge < -0.3 is 4.42 Å². The number of rotatable bonds is 4. The molecular formula is C16H11Cl2N3O2S. The number of hydrogen-bond acceptors (Lipinski definition) is 5. The van der Waals surface area contributed by atoms with Crippen LogP contribution in [0.15, 0.2) is 51.8 Å². The molecule has 0 aliphatic rings. The first-order chi connectivity index (χ1) is 11.6. The summed E-state index contributed by atoms with van der Waals surface area (Å²) in [5, 5.41) is 11.2. The quantitative estimate of drug-likeness (QED) is 0.644. The van der Waals surface area contributed by atoms with Crippen LogP contribution in [0.4, 0.5) is 6.01 Å². The van der Waals surface area contributed by atoms with E-state index in [1.165, 1.54) is 11.8 Å². The van der Waals surface area contributed by atoms with Crippen molar-refractivity contribution in [1.29, 1.82) is 0 Å². The fraction of sp³-hybridized carbons (Fsp3) is 0.0625. The molecule has 0 fully saturated rings. The average molecular weight is 380 g/mol. The Morgan fingerprint density at radius 1 is 1.12 bits per heavy atom. The van der Waals surface area contributed by atoms with Crippen molar-refractivity contribution in [1.82, 2.24) is 10.2 Å². The largest absolute Gasteiger partial charge is 0.403 e. The zero-order valence-corrected chi connectivity index (χ0v) is 14.7. The van der Waals surface area contributed by atoms with Gasteiger partial charge in [-0.05, 0) is 36.6 Å². The van der Waals surface area contributed by atoms with Gasteiger partial charge in [-0.2, -0.15) is 0 Å². The van der Waals surface area contributed by atoms with E-state index in [0.717, 1.165) is 4.90 Å². The highest BCUT2D eigenvalue weighted by Gasteiger charge is 2.15. The number of benzene rings is 2. The predicted octanol–water partition coefficient (Wildman–Crippen LogP) is 5.02. The minimum atomic E-state index is -0.320. The Labute approximate surface area is 152 Å². The molecule has 2 aromatic carbocycles. The maximum absolute atomic E-state index is 12.4. The van der Waals surface area contributed by atoms with E-state index in [-0.39, 0.29) is 17.8 Å². The Bertz CT molecular complexity index is 878. The summed E-state index contributed by atoms with van der Waals surface area (Å²) >= 11 is 13.4. The Morgan fingerprint density at radius 2 is 1.83 bits per heavy atom. The first-order valence-corrected chi connectivity index (χ1v) is 8.79. The standard InChI is InChI=1S/C16H11Cl2N3O2S/c1-24-13-5-3-2-4-12(13)14(22)19-16-21-20-15(23-16)9-6-10(17)8-11(18)7-9/h2-8H,1H3,(H,19,21,22). The van der Waals surface area contributed by atoms with E-state index in [4.69, 9.17) is 27.6 Å². The van der Waals surface area contributed by atoms with E-state index in [1.54, 1.807) is 30.3 Å².